The van der Waals surface area contributed by atoms with Crippen molar-refractivity contribution in [2.75, 3.05) is 6.61 Å². The Morgan fingerprint density at radius 2 is 2.10 bits per heavy atom. The Labute approximate surface area is 121 Å². The molecule has 4 nitrogen and oxygen atoms in total. The highest BCUT2D eigenvalue weighted by molar-refractivity contribution is 5.80. The van der Waals surface area contributed by atoms with Crippen LogP contribution in [-0.4, -0.2) is 24.2 Å². The van der Waals surface area contributed by atoms with Gasteiger partial charge in [0.2, 0.25) is 0 Å². The SMILES string of the molecule is CCOC(=O)C(C)(N)CC(C)Oc1cccc(CC)c1. The van der Waals surface area contributed by atoms with Gasteiger partial charge in [0.15, 0.2) is 0 Å². The molecule has 4 heteroatoms. The van der Waals surface area contributed by atoms with Gasteiger partial charge in [-0.15, -0.1) is 0 Å². The molecule has 0 aliphatic heterocycles. The number of aryl methyl sites for hydroxylation is 1. The van der Waals surface area contributed by atoms with Crippen LogP contribution in [0, 0.1) is 0 Å². The van der Waals surface area contributed by atoms with E-state index in [-0.39, 0.29) is 6.10 Å². The fourth-order valence-electron chi connectivity index (χ4n) is 2.09. The van der Waals surface area contributed by atoms with Crippen LogP contribution >= 0.6 is 0 Å². The second-order valence-electron chi connectivity index (χ2n) is 5.27. The highest BCUT2D eigenvalue weighted by atomic mass is 16.5. The molecular weight excluding hydrogens is 254 g/mol. The van der Waals surface area contributed by atoms with Crippen molar-refractivity contribution in [3.8, 4) is 5.75 Å². The Morgan fingerprint density at radius 1 is 1.40 bits per heavy atom. The van der Waals surface area contributed by atoms with Gasteiger partial charge in [-0.05, 0) is 44.9 Å². The summed E-state index contributed by atoms with van der Waals surface area (Å²) in [4.78, 5) is 11.8. The normalized spacial score (nSPS) is 15.2. The van der Waals surface area contributed by atoms with Crippen molar-refractivity contribution in [3.05, 3.63) is 29.8 Å². The van der Waals surface area contributed by atoms with Crippen molar-refractivity contribution in [3.63, 3.8) is 0 Å². The van der Waals surface area contributed by atoms with E-state index in [1.165, 1.54) is 5.56 Å². The van der Waals surface area contributed by atoms with Gasteiger partial charge in [-0.2, -0.15) is 0 Å². The lowest BCUT2D eigenvalue weighted by Crippen LogP contribution is -2.49. The lowest BCUT2D eigenvalue weighted by molar-refractivity contribution is -0.149. The molecule has 2 N–H and O–H groups in total. The maximum absolute atomic E-state index is 11.8. The third kappa shape index (κ3) is 4.85. The molecule has 0 heterocycles. The zero-order chi connectivity index (χ0) is 15.2. The number of carbonyl (C=O) groups is 1. The van der Waals surface area contributed by atoms with Crippen LogP contribution in [0.15, 0.2) is 24.3 Å². The second-order valence-corrected chi connectivity index (χ2v) is 5.27. The highest BCUT2D eigenvalue weighted by Crippen LogP contribution is 2.19. The molecule has 0 saturated carbocycles. The summed E-state index contributed by atoms with van der Waals surface area (Å²) in [5, 5.41) is 0. The van der Waals surface area contributed by atoms with Gasteiger partial charge in [0.1, 0.15) is 11.3 Å². The summed E-state index contributed by atoms with van der Waals surface area (Å²) in [5.74, 6) is 0.411. The summed E-state index contributed by atoms with van der Waals surface area (Å²) < 4.78 is 10.8. The first-order chi connectivity index (χ1) is 9.39. The van der Waals surface area contributed by atoms with E-state index in [0.29, 0.717) is 13.0 Å². The Balaban J connectivity index is 2.62. The van der Waals surface area contributed by atoms with Crippen LogP contribution in [0.5, 0.6) is 5.75 Å². The minimum atomic E-state index is -1.03. The molecule has 2 atom stereocenters. The monoisotopic (exact) mass is 279 g/mol. The predicted molar refractivity (Wildman–Crippen MR) is 79.8 cm³/mol. The van der Waals surface area contributed by atoms with Gasteiger partial charge in [-0.3, -0.25) is 4.79 Å². The van der Waals surface area contributed by atoms with E-state index in [4.69, 9.17) is 15.2 Å². The van der Waals surface area contributed by atoms with Crippen molar-refractivity contribution in [1.29, 1.82) is 0 Å². The van der Waals surface area contributed by atoms with Crippen LogP contribution in [0.1, 0.15) is 39.7 Å². The lowest BCUT2D eigenvalue weighted by Gasteiger charge is -2.26. The zero-order valence-electron chi connectivity index (χ0n) is 12.8. The molecule has 20 heavy (non-hydrogen) atoms. The molecule has 112 valence electrons. The van der Waals surface area contributed by atoms with E-state index in [1.54, 1.807) is 13.8 Å². The molecule has 0 aliphatic rings. The van der Waals surface area contributed by atoms with Gasteiger partial charge in [-0.25, -0.2) is 0 Å². The van der Waals surface area contributed by atoms with Gasteiger partial charge in [-0.1, -0.05) is 19.1 Å². The minimum Gasteiger partial charge on any atom is -0.491 e. The van der Waals surface area contributed by atoms with Crippen LogP contribution in [0.4, 0.5) is 0 Å². The smallest absolute Gasteiger partial charge is 0.325 e. The molecular formula is C16H25NO3. The zero-order valence-corrected chi connectivity index (χ0v) is 12.8. The van der Waals surface area contributed by atoms with Gasteiger partial charge in [0, 0.05) is 6.42 Å². The fraction of sp³-hybridized carbons (Fsp3) is 0.562. The van der Waals surface area contributed by atoms with Crippen LogP contribution in [0.3, 0.4) is 0 Å². The molecule has 0 aliphatic carbocycles. The van der Waals surface area contributed by atoms with Gasteiger partial charge < -0.3 is 15.2 Å². The second kappa shape index (κ2) is 7.29. The number of esters is 1. The standard InChI is InChI=1S/C16H25NO3/c1-5-13-8-7-9-14(10-13)20-12(3)11-16(4,17)15(18)19-6-2/h7-10,12H,5-6,11,17H2,1-4H3. The molecule has 0 amide bonds. The number of hydrogen-bond donors (Lipinski definition) is 1. The largest absolute Gasteiger partial charge is 0.491 e. The van der Waals surface area contributed by atoms with Crippen molar-refractivity contribution in [2.24, 2.45) is 5.73 Å². The van der Waals surface area contributed by atoms with Gasteiger partial charge in [0.05, 0.1) is 12.7 Å². The number of nitrogens with two attached hydrogens (primary N) is 1. The summed E-state index contributed by atoms with van der Waals surface area (Å²) in [5.41, 5.74) is 6.19. The number of benzene rings is 1. The number of carbonyl (C=O) groups excluding carboxylic acids is 1. The van der Waals surface area contributed by atoms with Gasteiger partial charge >= 0.3 is 5.97 Å². The Kier molecular flexibility index (Phi) is 6.02. The van der Waals surface area contributed by atoms with E-state index in [1.807, 2.05) is 25.1 Å². The molecule has 0 fully saturated rings. The molecule has 1 aromatic rings. The molecule has 1 rings (SSSR count). The van der Waals surface area contributed by atoms with Crippen molar-refractivity contribution < 1.29 is 14.3 Å². The number of rotatable bonds is 7. The van der Waals surface area contributed by atoms with Crippen LogP contribution < -0.4 is 10.5 Å². The first-order valence-electron chi connectivity index (χ1n) is 7.10. The third-order valence-electron chi connectivity index (χ3n) is 3.10. The maximum Gasteiger partial charge on any atom is 0.325 e. The van der Waals surface area contributed by atoms with Crippen molar-refractivity contribution in [2.45, 2.75) is 52.2 Å². The first kappa shape index (κ1) is 16.5. The lowest BCUT2D eigenvalue weighted by atomic mass is 9.96. The summed E-state index contributed by atoms with van der Waals surface area (Å²) in [6.07, 6.45) is 1.20. The quantitative estimate of drug-likeness (QED) is 0.779. The number of ether oxygens (including phenoxy) is 2. The molecule has 0 spiro atoms. The topological polar surface area (TPSA) is 61.5 Å². The van der Waals surface area contributed by atoms with Crippen molar-refractivity contribution in [1.82, 2.24) is 0 Å². The van der Waals surface area contributed by atoms with E-state index in [9.17, 15) is 4.79 Å². The molecule has 0 saturated heterocycles. The summed E-state index contributed by atoms with van der Waals surface area (Å²) >= 11 is 0. The molecule has 2 unspecified atom stereocenters. The van der Waals surface area contributed by atoms with Gasteiger partial charge in [0.25, 0.3) is 0 Å². The van der Waals surface area contributed by atoms with E-state index in [0.717, 1.165) is 12.2 Å². The summed E-state index contributed by atoms with van der Waals surface area (Å²) in [7, 11) is 0. The van der Waals surface area contributed by atoms with Crippen LogP contribution in [0.25, 0.3) is 0 Å². The highest BCUT2D eigenvalue weighted by Gasteiger charge is 2.32. The Hall–Kier alpha value is -1.55. The van der Waals surface area contributed by atoms with E-state index in [2.05, 4.69) is 13.0 Å². The molecule has 1 aromatic carbocycles. The third-order valence-corrected chi connectivity index (χ3v) is 3.10. The Morgan fingerprint density at radius 3 is 2.70 bits per heavy atom. The van der Waals surface area contributed by atoms with Crippen molar-refractivity contribution >= 4 is 5.97 Å². The average Bonchev–Trinajstić information content (AvgIpc) is 2.38. The van der Waals surface area contributed by atoms with Crippen LogP contribution in [0.2, 0.25) is 0 Å². The maximum atomic E-state index is 11.8. The first-order valence-corrected chi connectivity index (χ1v) is 7.10. The number of hydrogen-bond acceptors (Lipinski definition) is 4. The average molecular weight is 279 g/mol. The predicted octanol–water partition coefficient (Wildman–Crippen LogP) is 2.69. The van der Waals surface area contributed by atoms with E-state index >= 15 is 0 Å². The molecule has 0 radical (unpaired) electrons. The summed E-state index contributed by atoms with van der Waals surface area (Å²) in [6.45, 7) is 7.78. The minimum absolute atomic E-state index is 0.165. The van der Waals surface area contributed by atoms with Crippen LogP contribution in [-0.2, 0) is 16.0 Å². The molecule has 0 bridgehead atoms. The summed E-state index contributed by atoms with van der Waals surface area (Å²) in [6, 6.07) is 7.94. The molecule has 0 aromatic heterocycles. The van der Waals surface area contributed by atoms with E-state index < -0.39 is 11.5 Å². The fourth-order valence-corrected chi connectivity index (χ4v) is 2.09. The Bertz CT molecular complexity index is 443.